The molecule has 188 valence electrons. The number of imidazole rings is 1. The van der Waals surface area contributed by atoms with Gasteiger partial charge in [-0.25, -0.2) is 9.97 Å². The number of nitrogens with one attached hydrogen (secondary N) is 2. The molecule has 1 amide bonds. The Kier molecular flexibility index (Phi) is 7.11. The van der Waals surface area contributed by atoms with Gasteiger partial charge in [0.1, 0.15) is 0 Å². The molecule has 0 aliphatic heterocycles. The molecule has 5 aromatic rings. The van der Waals surface area contributed by atoms with Crippen molar-refractivity contribution in [2.75, 3.05) is 17.2 Å². The third-order valence-electron chi connectivity index (χ3n) is 5.80. The van der Waals surface area contributed by atoms with Gasteiger partial charge in [0.15, 0.2) is 17.9 Å². The molecule has 0 spiro atoms. The molecule has 5 rings (SSSR count). The first-order chi connectivity index (χ1) is 18.0. The SMILES string of the molecule is CC(O)CCn1c(NC(=O)c2ccc(-c3cnco3)s2)nc2cc(NCC(=O)c3ccccc3)ccc21. The molecule has 0 aliphatic carbocycles. The van der Waals surface area contributed by atoms with Crippen molar-refractivity contribution in [1.82, 2.24) is 14.5 Å². The number of aliphatic hydroxyl groups is 1. The van der Waals surface area contributed by atoms with Gasteiger partial charge in [-0.2, -0.15) is 0 Å². The average molecular weight is 516 g/mol. The van der Waals surface area contributed by atoms with Gasteiger partial charge in [-0.3, -0.25) is 14.9 Å². The molecule has 2 aromatic carbocycles. The van der Waals surface area contributed by atoms with E-state index in [0.29, 0.717) is 40.6 Å². The Morgan fingerprint density at radius 1 is 1.14 bits per heavy atom. The summed E-state index contributed by atoms with van der Waals surface area (Å²) in [6.07, 6.45) is 2.93. The number of ketones is 1. The Bertz CT molecular complexity index is 1520. The van der Waals surface area contributed by atoms with Gasteiger partial charge in [-0.1, -0.05) is 30.3 Å². The minimum absolute atomic E-state index is 0.0169. The molecule has 1 unspecified atom stereocenters. The van der Waals surface area contributed by atoms with E-state index >= 15 is 0 Å². The smallest absolute Gasteiger partial charge is 0.268 e. The molecule has 0 bridgehead atoms. The highest BCUT2D eigenvalue weighted by atomic mass is 32.1. The monoisotopic (exact) mass is 515 g/mol. The van der Waals surface area contributed by atoms with Gasteiger partial charge in [0.2, 0.25) is 5.95 Å². The van der Waals surface area contributed by atoms with Crippen molar-refractivity contribution < 1.29 is 19.1 Å². The lowest BCUT2D eigenvalue weighted by Crippen LogP contribution is -2.16. The van der Waals surface area contributed by atoms with Gasteiger partial charge in [-0.05, 0) is 43.7 Å². The molecule has 1 atom stereocenters. The van der Waals surface area contributed by atoms with Crippen molar-refractivity contribution in [3.63, 3.8) is 0 Å². The van der Waals surface area contributed by atoms with Crippen LogP contribution in [0.15, 0.2) is 77.7 Å². The number of aliphatic hydroxyl groups excluding tert-OH is 1. The number of benzene rings is 2. The maximum Gasteiger partial charge on any atom is 0.268 e. The van der Waals surface area contributed by atoms with E-state index in [1.54, 1.807) is 31.3 Å². The molecule has 3 aromatic heterocycles. The summed E-state index contributed by atoms with van der Waals surface area (Å²) in [6.45, 7) is 2.34. The Balaban J connectivity index is 1.36. The van der Waals surface area contributed by atoms with Crippen molar-refractivity contribution in [2.45, 2.75) is 26.0 Å². The number of thiophene rings is 1. The lowest BCUT2D eigenvalue weighted by atomic mass is 10.1. The van der Waals surface area contributed by atoms with Crippen molar-refractivity contribution in [3.05, 3.63) is 83.7 Å². The predicted octanol–water partition coefficient (Wildman–Crippen LogP) is 5.07. The molecule has 37 heavy (non-hydrogen) atoms. The minimum Gasteiger partial charge on any atom is -0.443 e. The van der Waals surface area contributed by atoms with E-state index in [-0.39, 0.29) is 18.2 Å². The third-order valence-corrected chi connectivity index (χ3v) is 6.90. The first-order valence-corrected chi connectivity index (χ1v) is 12.6. The summed E-state index contributed by atoms with van der Waals surface area (Å²) in [5, 5.41) is 15.9. The third kappa shape index (κ3) is 5.60. The summed E-state index contributed by atoms with van der Waals surface area (Å²) >= 11 is 1.29. The van der Waals surface area contributed by atoms with E-state index in [0.717, 1.165) is 16.1 Å². The highest BCUT2D eigenvalue weighted by molar-refractivity contribution is 7.17. The molecule has 0 radical (unpaired) electrons. The normalized spacial score (nSPS) is 11.9. The topological polar surface area (TPSA) is 122 Å². The number of aromatic nitrogens is 3. The van der Waals surface area contributed by atoms with Crippen LogP contribution in [0.1, 0.15) is 33.4 Å². The summed E-state index contributed by atoms with van der Waals surface area (Å²) in [5.41, 5.74) is 2.85. The zero-order valence-corrected chi connectivity index (χ0v) is 20.9. The fourth-order valence-corrected chi connectivity index (χ4v) is 4.73. The second-order valence-electron chi connectivity index (χ2n) is 8.55. The number of Topliss-reactive ketones (excluding diaryl/α,β-unsaturated/α-hetero) is 1. The number of carbonyl (C=O) groups excluding carboxylic acids is 2. The van der Waals surface area contributed by atoms with E-state index in [4.69, 9.17) is 4.42 Å². The molecule has 0 saturated heterocycles. The molecule has 3 heterocycles. The molecule has 3 N–H and O–H groups in total. The lowest BCUT2D eigenvalue weighted by Gasteiger charge is -2.11. The standard InChI is InChI=1S/C27H25N5O4S/c1-17(33)11-12-32-21-8-7-19(29-14-22(34)18-5-3-2-4-6-18)13-20(21)30-27(32)31-26(35)25-10-9-24(37-25)23-15-28-16-36-23/h2-10,13,15-17,29,33H,11-12,14H2,1H3,(H,30,31,35). The van der Waals surface area contributed by atoms with Crippen LogP contribution in [0.3, 0.4) is 0 Å². The number of hydrogen-bond acceptors (Lipinski definition) is 8. The Morgan fingerprint density at radius 2 is 1.97 bits per heavy atom. The summed E-state index contributed by atoms with van der Waals surface area (Å²) in [4.78, 5) is 35.4. The van der Waals surface area contributed by atoms with Crippen molar-refractivity contribution >= 4 is 45.7 Å². The number of anilines is 2. The second-order valence-corrected chi connectivity index (χ2v) is 9.64. The van der Waals surface area contributed by atoms with Gasteiger partial charge in [0.05, 0.1) is 39.6 Å². The highest BCUT2D eigenvalue weighted by Gasteiger charge is 2.18. The van der Waals surface area contributed by atoms with Gasteiger partial charge < -0.3 is 19.4 Å². The predicted molar refractivity (Wildman–Crippen MR) is 143 cm³/mol. The first kappa shape index (κ1) is 24.4. The maximum atomic E-state index is 13.0. The number of aryl methyl sites for hydroxylation is 1. The van der Waals surface area contributed by atoms with E-state index in [1.807, 2.05) is 47.0 Å². The molecular weight excluding hydrogens is 490 g/mol. The van der Waals surface area contributed by atoms with E-state index < -0.39 is 6.10 Å². The number of nitrogens with zero attached hydrogens (tertiary/aromatic N) is 3. The first-order valence-electron chi connectivity index (χ1n) is 11.8. The van der Waals surface area contributed by atoms with Crippen LogP contribution in [0.5, 0.6) is 0 Å². The zero-order chi connectivity index (χ0) is 25.8. The molecule has 0 fully saturated rings. The van der Waals surface area contributed by atoms with E-state index in [2.05, 4.69) is 20.6 Å². The summed E-state index contributed by atoms with van der Waals surface area (Å²) < 4.78 is 7.19. The van der Waals surface area contributed by atoms with Crippen LogP contribution < -0.4 is 10.6 Å². The molecular formula is C27H25N5O4S. The van der Waals surface area contributed by atoms with Crippen LogP contribution in [0, 0.1) is 0 Å². The van der Waals surface area contributed by atoms with Crippen molar-refractivity contribution in [3.8, 4) is 10.6 Å². The highest BCUT2D eigenvalue weighted by Crippen LogP contribution is 2.29. The minimum atomic E-state index is -0.507. The summed E-state index contributed by atoms with van der Waals surface area (Å²) in [7, 11) is 0. The summed E-state index contributed by atoms with van der Waals surface area (Å²) in [5.74, 6) is 0.666. The molecule has 0 aliphatic rings. The number of hydrogen-bond donors (Lipinski definition) is 3. The van der Waals surface area contributed by atoms with Crippen LogP contribution in [-0.4, -0.2) is 44.0 Å². The summed E-state index contributed by atoms with van der Waals surface area (Å²) in [6, 6.07) is 18.3. The molecule has 10 heteroatoms. The molecule has 9 nitrogen and oxygen atoms in total. The number of rotatable bonds is 10. The number of oxazole rings is 1. The van der Waals surface area contributed by atoms with E-state index in [9.17, 15) is 14.7 Å². The van der Waals surface area contributed by atoms with Gasteiger partial charge >= 0.3 is 0 Å². The zero-order valence-electron chi connectivity index (χ0n) is 20.0. The second kappa shape index (κ2) is 10.8. The van der Waals surface area contributed by atoms with Crippen LogP contribution in [0.4, 0.5) is 11.6 Å². The Morgan fingerprint density at radius 3 is 2.73 bits per heavy atom. The Labute approximate surface area is 216 Å². The quantitative estimate of drug-likeness (QED) is 0.222. The van der Waals surface area contributed by atoms with Gasteiger partial charge in [0, 0.05) is 17.8 Å². The fraction of sp³-hybridized carbons (Fsp3) is 0.185. The van der Waals surface area contributed by atoms with Crippen LogP contribution in [0.2, 0.25) is 0 Å². The number of carbonyl (C=O) groups is 2. The van der Waals surface area contributed by atoms with Crippen LogP contribution in [-0.2, 0) is 6.54 Å². The maximum absolute atomic E-state index is 13.0. The van der Waals surface area contributed by atoms with Gasteiger partial charge in [-0.15, -0.1) is 11.3 Å². The number of fused-ring (bicyclic) bond motifs is 1. The Hall–Kier alpha value is -4.28. The largest absolute Gasteiger partial charge is 0.443 e. The fourth-order valence-electron chi connectivity index (χ4n) is 3.88. The van der Waals surface area contributed by atoms with E-state index in [1.165, 1.54) is 17.7 Å². The van der Waals surface area contributed by atoms with Crippen molar-refractivity contribution in [2.24, 2.45) is 0 Å². The average Bonchev–Trinajstić information content (AvgIpc) is 3.66. The lowest BCUT2D eigenvalue weighted by molar-refractivity contribution is 0.100. The van der Waals surface area contributed by atoms with Crippen molar-refractivity contribution in [1.29, 1.82) is 0 Å². The van der Waals surface area contributed by atoms with Crippen LogP contribution in [0.25, 0.3) is 21.7 Å². The van der Waals surface area contributed by atoms with Gasteiger partial charge in [0.25, 0.3) is 5.91 Å². The molecule has 0 saturated carbocycles. The number of amides is 1. The van der Waals surface area contributed by atoms with Crippen LogP contribution >= 0.6 is 11.3 Å².